The summed E-state index contributed by atoms with van der Waals surface area (Å²) in [5.74, 6) is -0.000279. The number of nitrogens with zero attached hydrogens (tertiary/aromatic N) is 2. The molecule has 5 nitrogen and oxygen atoms in total. The molecule has 1 saturated heterocycles. The highest BCUT2D eigenvalue weighted by Gasteiger charge is 2.19. The predicted octanol–water partition coefficient (Wildman–Crippen LogP) is 4.52. The molecule has 1 aliphatic rings. The average Bonchev–Trinajstić information content (AvgIpc) is 2.74. The highest BCUT2D eigenvalue weighted by Crippen LogP contribution is 2.27. The Kier molecular flexibility index (Phi) is 5.53. The molecule has 0 spiro atoms. The normalized spacial score (nSPS) is 14.1. The van der Waals surface area contributed by atoms with Crippen LogP contribution in [0.3, 0.4) is 0 Å². The lowest BCUT2D eigenvalue weighted by atomic mass is 10.0. The molecule has 0 bridgehead atoms. The van der Waals surface area contributed by atoms with Gasteiger partial charge in [-0.2, -0.15) is 0 Å². The van der Waals surface area contributed by atoms with Crippen LogP contribution in [0.15, 0.2) is 65.1 Å². The Hall–Kier alpha value is -2.86. The van der Waals surface area contributed by atoms with Crippen molar-refractivity contribution in [3.8, 4) is 0 Å². The Labute approximate surface area is 178 Å². The fraction of sp³-hybridized carbons (Fsp3) is 0.217. The number of hydrogen-bond acceptors (Lipinski definition) is 3. The van der Waals surface area contributed by atoms with Crippen molar-refractivity contribution < 1.29 is 9.59 Å². The number of carbonyl (C=O) groups excluding carboxylic acids is 2. The minimum absolute atomic E-state index is 0.128. The number of piperazine rings is 1. The lowest BCUT2D eigenvalue weighted by molar-refractivity contribution is -0.129. The number of rotatable bonds is 3. The second-order valence-corrected chi connectivity index (χ2v) is 7.99. The summed E-state index contributed by atoms with van der Waals surface area (Å²) in [6.45, 7) is 4.73. The third-order valence-corrected chi connectivity index (χ3v) is 6.02. The van der Waals surface area contributed by atoms with Crippen LogP contribution in [-0.2, 0) is 4.79 Å². The van der Waals surface area contributed by atoms with Crippen LogP contribution in [0.2, 0.25) is 0 Å². The molecule has 1 aliphatic heterocycles. The van der Waals surface area contributed by atoms with Gasteiger partial charge < -0.3 is 15.1 Å². The molecule has 0 unspecified atom stereocenters. The van der Waals surface area contributed by atoms with Gasteiger partial charge in [0.05, 0.1) is 0 Å². The first-order valence-electron chi connectivity index (χ1n) is 9.62. The van der Waals surface area contributed by atoms with Gasteiger partial charge in [0.25, 0.3) is 5.91 Å². The lowest BCUT2D eigenvalue weighted by Gasteiger charge is -2.35. The van der Waals surface area contributed by atoms with Gasteiger partial charge in [-0.3, -0.25) is 9.59 Å². The van der Waals surface area contributed by atoms with Gasteiger partial charge in [-0.1, -0.05) is 40.2 Å². The molecule has 0 atom stereocenters. The van der Waals surface area contributed by atoms with Crippen LogP contribution in [0.1, 0.15) is 17.3 Å². The zero-order chi connectivity index (χ0) is 20.4. The Balaban J connectivity index is 1.46. The number of nitrogens with one attached hydrogen (secondary N) is 1. The van der Waals surface area contributed by atoms with E-state index in [-0.39, 0.29) is 11.8 Å². The zero-order valence-electron chi connectivity index (χ0n) is 16.2. The SMILES string of the molecule is CC(=O)N1CCN(c2ccc(NC(=O)c3cccc4c(Br)cccc34)cc2)CC1. The second kappa shape index (κ2) is 8.25. The number of carbonyl (C=O) groups is 2. The molecule has 0 saturated carbocycles. The van der Waals surface area contributed by atoms with Gasteiger partial charge in [-0.05, 0) is 47.2 Å². The highest BCUT2D eigenvalue weighted by molar-refractivity contribution is 9.10. The Bertz CT molecular complexity index is 1060. The molecular weight excluding hydrogens is 430 g/mol. The Morgan fingerprint density at radius 3 is 2.21 bits per heavy atom. The number of halogens is 1. The molecule has 2 amide bonds. The van der Waals surface area contributed by atoms with Crippen LogP contribution in [0.5, 0.6) is 0 Å². The van der Waals surface area contributed by atoms with Crippen molar-refractivity contribution in [1.29, 1.82) is 0 Å². The van der Waals surface area contributed by atoms with Crippen LogP contribution in [-0.4, -0.2) is 42.9 Å². The summed E-state index contributed by atoms with van der Waals surface area (Å²) in [4.78, 5) is 28.4. The van der Waals surface area contributed by atoms with E-state index in [9.17, 15) is 9.59 Å². The van der Waals surface area contributed by atoms with E-state index in [0.29, 0.717) is 5.56 Å². The molecule has 1 N–H and O–H groups in total. The summed E-state index contributed by atoms with van der Waals surface area (Å²) < 4.78 is 0.971. The number of fused-ring (bicyclic) bond motifs is 1. The molecule has 3 aromatic rings. The Morgan fingerprint density at radius 2 is 1.52 bits per heavy atom. The third-order valence-electron chi connectivity index (χ3n) is 5.33. The molecule has 29 heavy (non-hydrogen) atoms. The van der Waals surface area contributed by atoms with E-state index >= 15 is 0 Å². The van der Waals surface area contributed by atoms with E-state index in [1.807, 2.05) is 65.6 Å². The largest absolute Gasteiger partial charge is 0.368 e. The molecule has 1 heterocycles. The molecule has 6 heteroatoms. The molecule has 0 aromatic heterocycles. The third kappa shape index (κ3) is 4.12. The average molecular weight is 452 g/mol. The van der Waals surface area contributed by atoms with E-state index in [0.717, 1.165) is 52.8 Å². The maximum absolute atomic E-state index is 12.9. The molecule has 1 fully saturated rings. The summed E-state index contributed by atoms with van der Waals surface area (Å²) >= 11 is 3.55. The fourth-order valence-electron chi connectivity index (χ4n) is 3.70. The fourth-order valence-corrected chi connectivity index (χ4v) is 4.20. The maximum atomic E-state index is 12.9. The minimum atomic E-state index is -0.128. The minimum Gasteiger partial charge on any atom is -0.368 e. The Morgan fingerprint density at radius 1 is 0.862 bits per heavy atom. The van der Waals surface area contributed by atoms with Crippen molar-refractivity contribution in [1.82, 2.24) is 4.90 Å². The van der Waals surface area contributed by atoms with Gasteiger partial charge in [0, 0.05) is 54.5 Å². The van der Waals surface area contributed by atoms with Gasteiger partial charge in [0.1, 0.15) is 0 Å². The van der Waals surface area contributed by atoms with Crippen molar-refractivity contribution in [2.24, 2.45) is 0 Å². The van der Waals surface area contributed by atoms with Crippen LogP contribution in [0.4, 0.5) is 11.4 Å². The van der Waals surface area contributed by atoms with Crippen LogP contribution < -0.4 is 10.2 Å². The molecular formula is C23H22BrN3O2. The summed E-state index contributed by atoms with van der Waals surface area (Å²) in [5.41, 5.74) is 2.50. The molecule has 3 aromatic carbocycles. The van der Waals surface area contributed by atoms with E-state index in [1.54, 1.807) is 6.92 Å². The van der Waals surface area contributed by atoms with Crippen molar-refractivity contribution in [2.75, 3.05) is 36.4 Å². The summed E-state index contributed by atoms with van der Waals surface area (Å²) in [5, 5.41) is 4.93. The molecule has 4 rings (SSSR count). The standard InChI is InChI=1S/C23H22BrN3O2/c1-16(28)26-12-14-27(15-13-26)18-10-8-17(9-11-18)25-23(29)21-6-2-5-20-19(21)4-3-7-22(20)24/h2-11H,12-15H2,1H3,(H,25,29). The van der Waals surface area contributed by atoms with Gasteiger partial charge in [0.2, 0.25) is 5.91 Å². The number of benzene rings is 3. The van der Waals surface area contributed by atoms with E-state index in [4.69, 9.17) is 0 Å². The first kappa shape index (κ1) is 19.5. The first-order valence-corrected chi connectivity index (χ1v) is 10.4. The van der Waals surface area contributed by atoms with E-state index in [1.165, 1.54) is 0 Å². The van der Waals surface area contributed by atoms with Gasteiger partial charge in [-0.25, -0.2) is 0 Å². The van der Waals surface area contributed by atoms with Gasteiger partial charge in [-0.15, -0.1) is 0 Å². The first-order chi connectivity index (χ1) is 14.0. The molecule has 148 valence electrons. The molecule has 0 aliphatic carbocycles. The summed E-state index contributed by atoms with van der Waals surface area (Å²) in [7, 11) is 0. The van der Waals surface area contributed by atoms with Gasteiger partial charge in [0.15, 0.2) is 0 Å². The van der Waals surface area contributed by atoms with Crippen molar-refractivity contribution >= 4 is 49.9 Å². The van der Waals surface area contributed by atoms with Crippen LogP contribution in [0, 0.1) is 0 Å². The number of anilines is 2. The molecule has 0 radical (unpaired) electrons. The predicted molar refractivity (Wildman–Crippen MR) is 121 cm³/mol. The van der Waals surface area contributed by atoms with Gasteiger partial charge >= 0.3 is 0 Å². The van der Waals surface area contributed by atoms with Crippen LogP contribution in [0.25, 0.3) is 10.8 Å². The van der Waals surface area contributed by atoms with Crippen LogP contribution >= 0.6 is 15.9 Å². The summed E-state index contributed by atoms with van der Waals surface area (Å²) in [6, 6.07) is 19.5. The van der Waals surface area contributed by atoms with Crippen molar-refractivity contribution in [3.05, 3.63) is 70.7 Å². The lowest BCUT2D eigenvalue weighted by Crippen LogP contribution is -2.48. The highest BCUT2D eigenvalue weighted by atomic mass is 79.9. The number of hydrogen-bond donors (Lipinski definition) is 1. The monoisotopic (exact) mass is 451 g/mol. The second-order valence-electron chi connectivity index (χ2n) is 7.13. The van der Waals surface area contributed by atoms with Crippen molar-refractivity contribution in [3.63, 3.8) is 0 Å². The van der Waals surface area contributed by atoms with Crippen molar-refractivity contribution in [2.45, 2.75) is 6.92 Å². The quantitative estimate of drug-likeness (QED) is 0.636. The smallest absolute Gasteiger partial charge is 0.256 e. The number of amides is 2. The zero-order valence-corrected chi connectivity index (χ0v) is 17.8. The summed E-state index contributed by atoms with van der Waals surface area (Å²) in [6.07, 6.45) is 0. The van der Waals surface area contributed by atoms with E-state index < -0.39 is 0 Å². The maximum Gasteiger partial charge on any atom is 0.256 e. The topological polar surface area (TPSA) is 52.7 Å². The van der Waals surface area contributed by atoms with E-state index in [2.05, 4.69) is 26.1 Å².